The Labute approximate surface area is 145 Å². The van der Waals surface area contributed by atoms with E-state index in [2.05, 4.69) is 17.4 Å². The van der Waals surface area contributed by atoms with Gasteiger partial charge in [-0.05, 0) is 45.1 Å². The third kappa shape index (κ3) is 5.08. The Hall–Kier alpha value is -1.84. The molecule has 0 radical (unpaired) electrons. The minimum Gasteiger partial charge on any atom is -0.355 e. The van der Waals surface area contributed by atoms with Gasteiger partial charge in [0.15, 0.2) is 0 Å². The van der Waals surface area contributed by atoms with E-state index >= 15 is 0 Å². The van der Waals surface area contributed by atoms with E-state index in [1.807, 2.05) is 23.1 Å². The molecule has 0 saturated carbocycles. The molecule has 1 aromatic rings. The highest BCUT2D eigenvalue weighted by Crippen LogP contribution is 2.22. The highest BCUT2D eigenvalue weighted by Gasteiger charge is 2.38. The number of nitrogens with zero attached hydrogens (tertiary/aromatic N) is 1. The Morgan fingerprint density at radius 2 is 1.67 bits per heavy atom. The Bertz CT molecular complexity index is 532. The zero-order valence-electron chi connectivity index (χ0n) is 15.0. The predicted molar refractivity (Wildman–Crippen MR) is 96.6 cm³/mol. The van der Waals surface area contributed by atoms with Gasteiger partial charge in [-0.15, -0.1) is 0 Å². The van der Waals surface area contributed by atoms with E-state index in [-0.39, 0.29) is 11.8 Å². The third-order valence-electron chi connectivity index (χ3n) is 4.77. The molecule has 1 aliphatic heterocycles. The maximum atomic E-state index is 12.7. The second-order valence-corrected chi connectivity index (χ2v) is 7.18. The molecular formula is C20H30N2O2. The van der Waals surface area contributed by atoms with E-state index in [0.29, 0.717) is 6.54 Å². The summed E-state index contributed by atoms with van der Waals surface area (Å²) in [5.74, 6) is -0.199. The van der Waals surface area contributed by atoms with Gasteiger partial charge in [-0.1, -0.05) is 43.2 Å². The smallest absolute Gasteiger partial charge is 0.237 e. The van der Waals surface area contributed by atoms with Gasteiger partial charge in [0.25, 0.3) is 0 Å². The van der Waals surface area contributed by atoms with Crippen molar-refractivity contribution in [2.24, 2.45) is 5.41 Å². The van der Waals surface area contributed by atoms with Crippen LogP contribution < -0.4 is 5.32 Å². The molecular weight excluding hydrogens is 300 g/mol. The van der Waals surface area contributed by atoms with Gasteiger partial charge >= 0.3 is 0 Å². The normalized spacial score (nSPS) is 15.7. The molecule has 0 aliphatic carbocycles. The van der Waals surface area contributed by atoms with Crippen LogP contribution in [0.4, 0.5) is 0 Å². The molecule has 1 N–H and O–H groups in total. The number of rotatable bonds is 6. The van der Waals surface area contributed by atoms with Crippen LogP contribution in [0.5, 0.6) is 0 Å². The summed E-state index contributed by atoms with van der Waals surface area (Å²) in [4.78, 5) is 27.1. The van der Waals surface area contributed by atoms with Crippen LogP contribution >= 0.6 is 0 Å². The first-order valence-electron chi connectivity index (χ1n) is 9.13. The summed E-state index contributed by atoms with van der Waals surface area (Å²) in [6.45, 7) is 5.65. The van der Waals surface area contributed by atoms with E-state index in [0.717, 1.165) is 38.8 Å². The van der Waals surface area contributed by atoms with Crippen LogP contribution in [0.1, 0.15) is 51.5 Å². The van der Waals surface area contributed by atoms with Crippen molar-refractivity contribution in [3.05, 3.63) is 35.9 Å². The van der Waals surface area contributed by atoms with Gasteiger partial charge in [0.1, 0.15) is 5.41 Å². The number of likely N-dealkylation sites (tertiary alicyclic amines) is 1. The first-order valence-corrected chi connectivity index (χ1v) is 9.13. The lowest BCUT2D eigenvalue weighted by atomic mass is 9.90. The lowest BCUT2D eigenvalue weighted by Crippen LogP contribution is -2.50. The summed E-state index contributed by atoms with van der Waals surface area (Å²) in [6, 6.07) is 10.2. The molecule has 2 amide bonds. The lowest BCUT2D eigenvalue weighted by Gasteiger charge is -2.30. The Morgan fingerprint density at radius 1 is 1.04 bits per heavy atom. The van der Waals surface area contributed by atoms with Gasteiger partial charge in [-0.2, -0.15) is 0 Å². The Kier molecular flexibility index (Phi) is 6.83. The van der Waals surface area contributed by atoms with Gasteiger partial charge in [0, 0.05) is 19.6 Å². The Balaban J connectivity index is 1.79. The molecule has 4 heteroatoms. The minimum atomic E-state index is -0.989. The Morgan fingerprint density at radius 3 is 2.29 bits per heavy atom. The molecule has 24 heavy (non-hydrogen) atoms. The van der Waals surface area contributed by atoms with Crippen molar-refractivity contribution in [2.75, 3.05) is 19.6 Å². The van der Waals surface area contributed by atoms with Crippen molar-refractivity contribution < 1.29 is 9.59 Å². The standard InChI is InChI=1S/C20H30N2O2/c1-20(2,19(24)22-15-8-3-4-9-16-22)18(23)21-14-10-13-17-11-6-5-7-12-17/h5-7,11-12H,3-4,8-10,13-16H2,1-2H3,(H,21,23). The van der Waals surface area contributed by atoms with Gasteiger partial charge < -0.3 is 10.2 Å². The molecule has 0 bridgehead atoms. The quantitative estimate of drug-likeness (QED) is 0.643. The molecule has 1 aromatic carbocycles. The summed E-state index contributed by atoms with van der Waals surface area (Å²) in [7, 11) is 0. The van der Waals surface area contributed by atoms with Gasteiger partial charge in [-0.3, -0.25) is 9.59 Å². The molecule has 4 nitrogen and oxygen atoms in total. The fourth-order valence-electron chi connectivity index (χ4n) is 3.13. The zero-order valence-corrected chi connectivity index (χ0v) is 15.0. The molecule has 1 saturated heterocycles. The van der Waals surface area contributed by atoms with Crippen LogP contribution in [0.2, 0.25) is 0 Å². The van der Waals surface area contributed by atoms with Crippen molar-refractivity contribution in [3.8, 4) is 0 Å². The number of carbonyl (C=O) groups is 2. The largest absolute Gasteiger partial charge is 0.355 e. The molecule has 132 valence electrons. The van der Waals surface area contributed by atoms with Gasteiger partial charge in [-0.25, -0.2) is 0 Å². The van der Waals surface area contributed by atoms with E-state index in [1.54, 1.807) is 13.8 Å². The first kappa shape index (κ1) is 18.5. The monoisotopic (exact) mass is 330 g/mol. The number of nitrogens with one attached hydrogen (secondary N) is 1. The van der Waals surface area contributed by atoms with Crippen LogP contribution in [0, 0.1) is 5.41 Å². The fourth-order valence-corrected chi connectivity index (χ4v) is 3.13. The maximum Gasteiger partial charge on any atom is 0.237 e. The first-order chi connectivity index (χ1) is 11.5. The molecule has 2 rings (SSSR count). The summed E-state index contributed by atoms with van der Waals surface area (Å²) in [6.07, 6.45) is 6.25. The molecule has 0 aromatic heterocycles. The number of amides is 2. The summed E-state index contributed by atoms with van der Waals surface area (Å²) in [5, 5.41) is 2.94. The number of carbonyl (C=O) groups excluding carboxylic acids is 2. The number of aryl methyl sites for hydroxylation is 1. The van der Waals surface area contributed by atoms with Crippen LogP contribution in [0.25, 0.3) is 0 Å². The van der Waals surface area contributed by atoms with E-state index < -0.39 is 5.41 Å². The topological polar surface area (TPSA) is 49.4 Å². The minimum absolute atomic E-state index is 0.0371. The highest BCUT2D eigenvalue weighted by molar-refractivity contribution is 6.04. The zero-order chi connectivity index (χ0) is 17.4. The molecule has 1 aliphatic rings. The maximum absolute atomic E-state index is 12.7. The molecule has 0 spiro atoms. The van der Waals surface area contributed by atoms with Crippen LogP contribution in [-0.4, -0.2) is 36.3 Å². The van der Waals surface area contributed by atoms with E-state index in [4.69, 9.17) is 0 Å². The van der Waals surface area contributed by atoms with Crippen molar-refractivity contribution >= 4 is 11.8 Å². The molecule has 1 heterocycles. The van der Waals surface area contributed by atoms with E-state index in [9.17, 15) is 9.59 Å². The second-order valence-electron chi connectivity index (χ2n) is 7.18. The average molecular weight is 330 g/mol. The summed E-state index contributed by atoms with van der Waals surface area (Å²) >= 11 is 0. The van der Waals surface area contributed by atoms with Crippen LogP contribution in [0.15, 0.2) is 30.3 Å². The molecule has 0 atom stereocenters. The van der Waals surface area contributed by atoms with Crippen molar-refractivity contribution in [3.63, 3.8) is 0 Å². The number of hydrogen-bond donors (Lipinski definition) is 1. The van der Waals surface area contributed by atoms with E-state index in [1.165, 1.54) is 18.4 Å². The second kappa shape index (κ2) is 8.86. The SMILES string of the molecule is CC(C)(C(=O)NCCCc1ccccc1)C(=O)N1CCCCCC1. The fraction of sp³-hybridized carbons (Fsp3) is 0.600. The van der Waals surface area contributed by atoms with Crippen molar-refractivity contribution in [2.45, 2.75) is 52.4 Å². The van der Waals surface area contributed by atoms with Crippen LogP contribution in [0.3, 0.4) is 0 Å². The highest BCUT2D eigenvalue weighted by atomic mass is 16.2. The van der Waals surface area contributed by atoms with Crippen LogP contribution in [-0.2, 0) is 16.0 Å². The predicted octanol–water partition coefficient (Wildman–Crippen LogP) is 3.16. The third-order valence-corrected chi connectivity index (χ3v) is 4.77. The van der Waals surface area contributed by atoms with Gasteiger partial charge in [0.2, 0.25) is 11.8 Å². The molecule has 0 unspecified atom stereocenters. The number of benzene rings is 1. The van der Waals surface area contributed by atoms with Crippen molar-refractivity contribution in [1.29, 1.82) is 0 Å². The average Bonchev–Trinajstić information content (AvgIpc) is 2.88. The number of hydrogen-bond acceptors (Lipinski definition) is 2. The lowest BCUT2D eigenvalue weighted by molar-refractivity contribution is -0.148. The van der Waals surface area contributed by atoms with Gasteiger partial charge in [0.05, 0.1) is 0 Å². The van der Waals surface area contributed by atoms with Crippen molar-refractivity contribution in [1.82, 2.24) is 10.2 Å². The summed E-state index contributed by atoms with van der Waals surface area (Å²) in [5.41, 5.74) is 0.281. The molecule has 1 fully saturated rings. The summed E-state index contributed by atoms with van der Waals surface area (Å²) < 4.78 is 0.